The summed E-state index contributed by atoms with van der Waals surface area (Å²) in [7, 11) is 0. The second-order valence-electron chi connectivity index (χ2n) is 4.70. The van der Waals surface area contributed by atoms with E-state index in [-0.39, 0.29) is 16.6 Å². The van der Waals surface area contributed by atoms with Gasteiger partial charge in [-0.25, -0.2) is 9.78 Å². The number of piperidine rings is 1. The van der Waals surface area contributed by atoms with E-state index in [1.165, 1.54) is 12.3 Å². The predicted molar refractivity (Wildman–Crippen MR) is 75.0 cm³/mol. The van der Waals surface area contributed by atoms with Crippen LogP contribution >= 0.6 is 11.6 Å². The number of pyridine rings is 1. The Kier molecular flexibility index (Phi) is 4.61. The molecular formula is C13H18ClN3O2. The molecular weight excluding hydrogens is 266 g/mol. The Morgan fingerprint density at radius 1 is 1.68 bits per heavy atom. The number of likely N-dealkylation sites (tertiary alicyclic amines) is 1. The van der Waals surface area contributed by atoms with Gasteiger partial charge in [0.1, 0.15) is 5.82 Å². The summed E-state index contributed by atoms with van der Waals surface area (Å²) in [6.07, 6.45) is 3.64. The molecule has 1 aliphatic heterocycles. The van der Waals surface area contributed by atoms with Crippen molar-refractivity contribution in [2.45, 2.75) is 25.8 Å². The van der Waals surface area contributed by atoms with Crippen molar-refractivity contribution in [1.29, 1.82) is 0 Å². The number of hydrogen-bond acceptors (Lipinski definition) is 4. The van der Waals surface area contributed by atoms with E-state index in [9.17, 15) is 4.79 Å². The van der Waals surface area contributed by atoms with Gasteiger partial charge < -0.3 is 15.3 Å². The molecule has 1 atom stereocenters. The van der Waals surface area contributed by atoms with Gasteiger partial charge in [-0.3, -0.25) is 0 Å². The smallest absolute Gasteiger partial charge is 0.337 e. The molecule has 0 bridgehead atoms. The molecule has 6 heteroatoms. The Balaban J connectivity index is 2.10. The van der Waals surface area contributed by atoms with Crippen molar-refractivity contribution in [3.63, 3.8) is 0 Å². The van der Waals surface area contributed by atoms with E-state index in [0.717, 1.165) is 32.5 Å². The summed E-state index contributed by atoms with van der Waals surface area (Å²) in [4.78, 5) is 17.5. The second-order valence-corrected chi connectivity index (χ2v) is 5.08. The van der Waals surface area contributed by atoms with Gasteiger partial charge in [-0.1, -0.05) is 18.5 Å². The van der Waals surface area contributed by atoms with Crippen molar-refractivity contribution in [1.82, 2.24) is 9.88 Å². The fourth-order valence-electron chi connectivity index (χ4n) is 2.36. The van der Waals surface area contributed by atoms with Crippen LogP contribution in [0.2, 0.25) is 5.02 Å². The first-order valence-electron chi connectivity index (χ1n) is 6.48. The van der Waals surface area contributed by atoms with Crippen LogP contribution < -0.4 is 5.32 Å². The fraction of sp³-hybridized carbons (Fsp3) is 0.538. The highest BCUT2D eigenvalue weighted by molar-refractivity contribution is 6.35. The summed E-state index contributed by atoms with van der Waals surface area (Å²) in [6, 6.07) is 1.68. The molecule has 1 aromatic rings. The number of aromatic carboxylic acids is 1. The molecule has 0 amide bonds. The first-order chi connectivity index (χ1) is 9.11. The van der Waals surface area contributed by atoms with E-state index >= 15 is 0 Å². The SMILES string of the molecule is CCN1CCCC(Nc2nccc(C(=O)O)c2Cl)C1. The Hall–Kier alpha value is -1.33. The van der Waals surface area contributed by atoms with Crippen LogP contribution in [0, 0.1) is 0 Å². The Morgan fingerprint density at radius 2 is 2.47 bits per heavy atom. The van der Waals surface area contributed by atoms with Crippen LogP contribution in [0.1, 0.15) is 30.1 Å². The standard InChI is InChI=1S/C13H18ClN3O2/c1-2-17-7-3-4-9(8-17)16-12-11(14)10(13(18)19)5-6-15-12/h5-6,9H,2-4,7-8H2,1H3,(H,15,16)(H,18,19). The monoisotopic (exact) mass is 283 g/mol. The molecule has 19 heavy (non-hydrogen) atoms. The van der Waals surface area contributed by atoms with E-state index in [1.807, 2.05) is 0 Å². The highest BCUT2D eigenvalue weighted by atomic mass is 35.5. The van der Waals surface area contributed by atoms with Crippen molar-refractivity contribution >= 4 is 23.4 Å². The number of anilines is 1. The quantitative estimate of drug-likeness (QED) is 0.888. The number of halogens is 1. The molecule has 1 saturated heterocycles. The first-order valence-corrected chi connectivity index (χ1v) is 6.86. The molecule has 2 heterocycles. The molecule has 5 nitrogen and oxygen atoms in total. The summed E-state index contributed by atoms with van der Waals surface area (Å²) in [5, 5.41) is 12.5. The molecule has 104 valence electrons. The van der Waals surface area contributed by atoms with E-state index in [0.29, 0.717) is 5.82 Å². The molecule has 0 aromatic carbocycles. The molecule has 1 aliphatic rings. The van der Waals surface area contributed by atoms with Gasteiger partial charge in [0.2, 0.25) is 0 Å². The highest BCUT2D eigenvalue weighted by Crippen LogP contribution is 2.25. The third-order valence-electron chi connectivity index (χ3n) is 3.41. The van der Waals surface area contributed by atoms with E-state index < -0.39 is 5.97 Å². The maximum atomic E-state index is 11.0. The second kappa shape index (κ2) is 6.21. The molecule has 1 fully saturated rings. The number of carbonyl (C=O) groups is 1. The average molecular weight is 284 g/mol. The molecule has 0 saturated carbocycles. The normalized spacial score (nSPS) is 20.2. The summed E-state index contributed by atoms with van der Waals surface area (Å²) in [5.41, 5.74) is 0.0855. The molecule has 2 rings (SSSR count). The van der Waals surface area contributed by atoms with Crippen LogP contribution in [0.5, 0.6) is 0 Å². The number of nitrogens with one attached hydrogen (secondary N) is 1. The topological polar surface area (TPSA) is 65.5 Å². The lowest BCUT2D eigenvalue weighted by Crippen LogP contribution is -2.42. The Bertz CT molecular complexity index is 467. The van der Waals surface area contributed by atoms with Crippen LogP contribution in [-0.2, 0) is 0 Å². The van der Waals surface area contributed by atoms with Gasteiger partial charge in [0.05, 0.1) is 10.6 Å². The van der Waals surface area contributed by atoms with E-state index in [4.69, 9.17) is 16.7 Å². The maximum Gasteiger partial charge on any atom is 0.337 e. The zero-order chi connectivity index (χ0) is 13.8. The van der Waals surface area contributed by atoms with Gasteiger partial charge in [0, 0.05) is 18.8 Å². The zero-order valence-electron chi connectivity index (χ0n) is 10.9. The van der Waals surface area contributed by atoms with Gasteiger partial charge in [-0.15, -0.1) is 0 Å². The van der Waals surface area contributed by atoms with Gasteiger partial charge in [0.15, 0.2) is 0 Å². The number of carboxylic acids is 1. The average Bonchev–Trinajstić information content (AvgIpc) is 2.41. The van der Waals surface area contributed by atoms with Crippen LogP contribution in [0.3, 0.4) is 0 Å². The minimum atomic E-state index is -1.03. The van der Waals surface area contributed by atoms with Crippen molar-refractivity contribution in [3.05, 3.63) is 22.8 Å². The van der Waals surface area contributed by atoms with E-state index in [1.54, 1.807) is 0 Å². The summed E-state index contributed by atoms with van der Waals surface area (Å²) in [5.74, 6) is -0.571. The summed E-state index contributed by atoms with van der Waals surface area (Å²) >= 11 is 6.07. The highest BCUT2D eigenvalue weighted by Gasteiger charge is 2.21. The largest absolute Gasteiger partial charge is 0.478 e. The van der Waals surface area contributed by atoms with Crippen molar-refractivity contribution in [2.75, 3.05) is 25.0 Å². The van der Waals surface area contributed by atoms with Crippen molar-refractivity contribution in [2.24, 2.45) is 0 Å². The maximum absolute atomic E-state index is 11.0. The number of hydrogen-bond donors (Lipinski definition) is 2. The lowest BCUT2D eigenvalue weighted by molar-refractivity contribution is 0.0697. The van der Waals surface area contributed by atoms with Gasteiger partial charge in [-0.2, -0.15) is 0 Å². The third-order valence-corrected chi connectivity index (χ3v) is 3.80. The molecule has 1 aromatic heterocycles. The summed E-state index contributed by atoms with van der Waals surface area (Å²) < 4.78 is 0. The fourth-order valence-corrected chi connectivity index (χ4v) is 2.61. The number of aromatic nitrogens is 1. The lowest BCUT2D eigenvalue weighted by Gasteiger charge is -2.32. The first kappa shape index (κ1) is 14.1. The van der Waals surface area contributed by atoms with E-state index in [2.05, 4.69) is 22.1 Å². The Labute approximate surface area is 117 Å². The van der Waals surface area contributed by atoms with Crippen LogP contribution in [0.4, 0.5) is 5.82 Å². The van der Waals surface area contributed by atoms with Gasteiger partial charge in [0.25, 0.3) is 0 Å². The van der Waals surface area contributed by atoms with Gasteiger partial charge >= 0.3 is 5.97 Å². The molecule has 2 N–H and O–H groups in total. The van der Waals surface area contributed by atoms with Crippen LogP contribution in [0.25, 0.3) is 0 Å². The minimum absolute atomic E-state index is 0.0855. The molecule has 1 unspecified atom stereocenters. The zero-order valence-corrected chi connectivity index (χ0v) is 11.7. The Morgan fingerprint density at radius 3 is 3.16 bits per heavy atom. The molecule has 0 radical (unpaired) electrons. The number of likely N-dealkylation sites (N-methyl/N-ethyl adjacent to an activating group) is 1. The lowest BCUT2D eigenvalue weighted by atomic mass is 10.1. The number of rotatable bonds is 4. The molecule has 0 aliphatic carbocycles. The van der Waals surface area contributed by atoms with Crippen LogP contribution in [0.15, 0.2) is 12.3 Å². The number of carboxylic acid groups (broad SMARTS) is 1. The predicted octanol–water partition coefficient (Wildman–Crippen LogP) is 2.33. The molecule has 0 spiro atoms. The minimum Gasteiger partial charge on any atom is -0.478 e. The van der Waals surface area contributed by atoms with Crippen molar-refractivity contribution < 1.29 is 9.90 Å². The third kappa shape index (κ3) is 3.36. The van der Waals surface area contributed by atoms with Gasteiger partial charge in [-0.05, 0) is 32.0 Å². The number of nitrogens with zero attached hydrogens (tertiary/aromatic N) is 2. The van der Waals surface area contributed by atoms with Crippen molar-refractivity contribution in [3.8, 4) is 0 Å². The van der Waals surface area contributed by atoms with Crippen LogP contribution in [-0.4, -0.2) is 46.6 Å². The summed E-state index contributed by atoms with van der Waals surface area (Å²) in [6.45, 7) is 5.21.